The molecule has 0 aromatic heterocycles. The second kappa shape index (κ2) is 7.46. The summed E-state index contributed by atoms with van der Waals surface area (Å²) in [5.41, 5.74) is 2.05. The summed E-state index contributed by atoms with van der Waals surface area (Å²) >= 11 is 0. The largest absolute Gasteiger partial charge is 0.369 e. The first kappa shape index (κ1) is 15.8. The van der Waals surface area contributed by atoms with Gasteiger partial charge in [-0.25, -0.2) is 0 Å². The molecule has 116 valence electrons. The SMILES string of the molecule is CCN(c1ccc(NC(=O)CNCC2CC2)cc1)C(C)C. The molecule has 0 radical (unpaired) electrons. The van der Waals surface area contributed by atoms with Crippen LogP contribution >= 0.6 is 0 Å². The molecule has 0 atom stereocenters. The minimum atomic E-state index is 0.0274. The van der Waals surface area contributed by atoms with E-state index in [9.17, 15) is 4.79 Å². The Morgan fingerprint density at radius 1 is 1.29 bits per heavy atom. The van der Waals surface area contributed by atoms with Gasteiger partial charge in [-0.3, -0.25) is 4.79 Å². The van der Waals surface area contributed by atoms with E-state index in [1.165, 1.54) is 18.5 Å². The maximum absolute atomic E-state index is 11.8. The first-order chi connectivity index (χ1) is 10.1. The average molecular weight is 289 g/mol. The molecule has 4 nitrogen and oxygen atoms in total. The highest BCUT2D eigenvalue weighted by Crippen LogP contribution is 2.27. The average Bonchev–Trinajstić information content (AvgIpc) is 3.25. The Balaban J connectivity index is 1.81. The number of hydrogen-bond donors (Lipinski definition) is 2. The van der Waals surface area contributed by atoms with Gasteiger partial charge in [0.1, 0.15) is 0 Å². The fourth-order valence-electron chi connectivity index (χ4n) is 2.50. The lowest BCUT2D eigenvalue weighted by atomic mass is 10.2. The van der Waals surface area contributed by atoms with E-state index < -0.39 is 0 Å². The molecule has 1 saturated carbocycles. The molecule has 2 rings (SSSR count). The lowest BCUT2D eigenvalue weighted by Crippen LogP contribution is -2.30. The maximum atomic E-state index is 11.8. The van der Waals surface area contributed by atoms with E-state index in [0.29, 0.717) is 12.6 Å². The van der Waals surface area contributed by atoms with Crippen LogP contribution in [0.3, 0.4) is 0 Å². The van der Waals surface area contributed by atoms with Gasteiger partial charge >= 0.3 is 0 Å². The summed E-state index contributed by atoms with van der Waals surface area (Å²) in [4.78, 5) is 14.1. The van der Waals surface area contributed by atoms with Gasteiger partial charge in [-0.2, -0.15) is 0 Å². The number of carbonyl (C=O) groups excluding carboxylic acids is 1. The quantitative estimate of drug-likeness (QED) is 0.773. The van der Waals surface area contributed by atoms with Crippen molar-refractivity contribution in [1.29, 1.82) is 0 Å². The predicted octanol–water partition coefficient (Wildman–Crippen LogP) is 2.86. The molecule has 1 fully saturated rings. The molecule has 1 aromatic carbocycles. The van der Waals surface area contributed by atoms with Gasteiger partial charge in [0.2, 0.25) is 5.91 Å². The second-order valence-electron chi connectivity index (χ2n) is 6.05. The molecule has 1 aromatic rings. The summed E-state index contributed by atoms with van der Waals surface area (Å²) in [7, 11) is 0. The third kappa shape index (κ3) is 5.05. The molecular weight excluding hydrogens is 262 g/mol. The van der Waals surface area contributed by atoms with Gasteiger partial charge in [-0.05, 0) is 70.3 Å². The predicted molar refractivity (Wildman–Crippen MR) is 88.8 cm³/mol. The van der Waals surface area contributed by atoms with Crippen LogP contribution in [0.5, 0.6) is 0 Å². The van der Waals surface area contributed by atoms with Crippen molar-refractivity contribution in [3.63, 3.8) is 0 Å². The normalized spacial score (nSPS) is 14.3. The summed E-state index contributed by atoms with van der Waals surface area (Å²) < 4.78 is 0. The number of benzene rings is 1. The molecule has 1 aliphatic rings. The number of hydrogen-bond acceptors (Lipinski definition) is 3. The van der Waals surface area contributed by atoms with E-state index in [0.717, 1.165) is 24.7 Å². The van der Waals surface area contributed by atoms with Crippen LogP contribution in [0.1, 0.15) is 33.6 Å². The van der Waals surface area contributed by atoms with Crippen LogP contribution in [0.15, 0.2) is 24.3 Å². The van der Waals surface area contributed by atoms with E-state index in [-0.39, 0.29) is 5.91 Å². The first-order valence-corrected chi connectivity index (χ1v) is 7.97. The van der Waals surface area contributed by atoms with Crippen LogP contribution in [0, 0.1) is 5.92 Å². The van der Waals surface area contributed by atoms with Gasteiger partial charge in [0.05, 0.1) is 6.54 Å². The van der Waals surface area contributed by atoms with Crippen molar-refractivity contribution in [2.24, 2.45) is 5.92 Å². The topological polar surface area (TPSA) is 44.4 Å². The molecule has 1 amide bonds. The maximum Gasteiger partial charge on any atom is 0.238 e. The Bertz CT molecular complexity index is 452. The van der Waals surface area contributed by atoms with Crippen LogP contribution in [0.2, 0.25) is 0 Å². The third-order valence-electron chi connectivity index (χ3n) is 3.86. The van der Waals surface area contributed by atoms with Gasteiger partial charge < -0.3 is 15.5 Å². The monoisotopic (exact) mass is 289 g/mol. The second-order valence-corrected chi connectivity index (χ2v) is 6.05. The van der Waals surface area contributed by atoms with Crippen LogP contribution < -0.4 is 15.5 Å². The van der Waals surface area contributed by atoms with Crippen LogP contribution in [0.25, 0.3) is 0 Å². The third-order valence-corrected chi connectivity index (χ3v) is 3.86. The Morgan fingerprint density at radius 3 is 2.48 bits per heavy atom. The minimum Gasteiger partial charge on any atom is -0.369 e. The molecule has 0 unspecified atom stereocenters. The van der Waals surface area contributed by atoms with Gasteiger partial charge in [0.25, 0.3) is 0 Å². The Labute approximate surface area is 127 Å². The van der Waals surface area contributed by atoms with Crippen molar-refractivity contribution < 1.29 is 4.79 Å². The molecule has 0 bridgehead atoms. The highest BCUT2D eigenvalue weighted by Gasteiger charge is 2.20. The minimum absolute atomic E-state index is 0.0274. The zero-order valence-corrected chi connectivity index (χ0v) is 13.4. The summed E-state index contributed by atoms with van der Waals surface area (Å²) in [6.07, 6.45) is 2.61. The Morgan fingerprint density at radius 2 is 1.95 bits per heavy atom. The molecule has 0 heterocycles. The number of anilines is 2. The zero-order chi connectivity index (χ0) is 15.2. The van der Waals surface area contributed by atoms with Gasteiger partial charge in [0, 0.05) is 24.0 Å². The van der Waals surface area contributed by atoms with Crippen LogP contribution in [-0.4, -0.2) is 31.6 Å². The van der Waals surface area contributed by atoms with Crippen molar-refractivity contribution >= 4 is 17.3 Å². The molecular formula is C17H27N3O. The standard InChI is InChI=1S/C17H27N3O/c1-4-20(13(2)3)16-9-7-15(8-10-16)19-17(21)12-18-11-14-5-6-14/h7-10,13-14,18H,4-6,11-12H2,1-3H3,(H,19,21). The molecule has 2 N–H and O–H groups in total. The summed E-state index contributed by atoms with van der Waals surface area (Å²) in [5.74, 6) is 0.827. The van der Waals surface area contributed by atoms with E-state index in [1.807, 2.05) is 12.1 Å². The summed E-state index contributed by atoms with van der Waals surface area (Å²) in [6.45, 7) is 8.86. The van der Waals surface area contributed by atoms with Crippen LogP contribution in [0.4, 0.5) is 11.4 Å². The van der Waals surface area contributed by atoms with Crippen LogP contribution in [-0.2, 0) is 4.79 Å². The van der Waals surface area contributed by atoms with Gasteiger partial charge in [-0.1, -0.05) is 0 Å². The van der Waals surface area contributed by atoms with Crippen molar-refractivity contribution in [1.82, 2.24) is 5.32 Å². The van der Waals surface area contributed by atoms with E-state index in [2.05, 4.69) is 48.4 Å². The van der Waals surface area contributed by atoms with Gasteiger partial charge in [-0.15, -0.1) is 0 Å². The van der Waals surface area contributed by atoms with Crippen molar-refractivity contribution in [2.75, 3.05) is 29.9 Å². The Hall–Kier alpha value is -1.55. The molecule has 0 spiro atoms. The van der Waals surface area contributed by atoms with Crippen molar-refractivity contribution in [2.45, 2.75) is 39.7 Å². The highest BCUT2D eigenvalue weighted by atomic mass is 16.1. The number of amides is 1. The number of rotatable bonds is 8. The van der Waals surface area contributed by atoms with E-state index >= 15 is 0 Å². The summed E-state index contributed by atoms with van der Waals surface area (Å²) in [6, 6.07) is 8.55. The number of carbonyl (C=O) groups is 1. The highest BCUT2D eigenvalue weighted by molar-refractivity contribution is 5.92. The smallest absolute Gasteiger partial charge is 0.238 e. The molecule has 1 aliphatic carbocycles. The van der Waals surface area contributed by atoms with Crippen molar-refractivity contribution in [3.8, 4) is 0 Å². The number of nitrogens with zero attached hydrogens (tertiary/aromatic N) is 1. The van der Waals surface area contributed by atoms with Gasteiger partial charge in [0.15, 0.2) is 0 Å². The Kier molecular flexibility index (Phi) is 5.62. The summed E-state index contributed by atoms with van der Waals surface area (Å²) in [5, 5.41) is 6.13. The lowest BCUT2D eigenvalue weighted by molar-refractivity contribution is -0.115. The zero-order valence-electron chi connectivity index (χ0n) is 13.4. The number of nitrogens with one attached hydrogen (secondary N) is 2. The molecule has 4 heteroatoms. The lowest BCUT2D eigenvalue weighted by Gasteiger charge is -2.27. The fourth-order valence-corrected chi connectivity index (χ4v) is 2.50. The van der Waals surface area contributed by atoms with Crippen molar-refractivity contribution in [3.05, 3.63) is 24.3 Å². The fraction of sp³-hybridized carbons (Fsp3) is 0.588. The van der Waals surface area contributed by atoms with E-state index in [1.54, 1.807) is 0 Å². The van der Waals surface area contributed by atoms with E-state index in [4.69, 9.17) is 0 Å². The molecule has 21 heavy (non-hydrogen) atoms. The molecule has 0 saturated heterocycles. The first-order valence-electron chi connectivity index (χ1n) is 7.97. The molecule has 0 aliphatic heterocycles.